The fourth-order valence-electron chi connectivity index (χ4n) is 17.7. The van der Waals surface area contributed by atoms with Crippen molar-refractivity contribution in [2.75, 3.05) is 19.8 Å². The fourth-order valence-corrected chi connectivity index (χ4v) is 17.7. The third-order valence-electron chi connectivity index (χ3n) is 23.2. The molecule has 0 bridgehead atoms. The van der Waals surface area contributed by atoms with Crippen molar-refractivity contribution in [2.24, 2.45) is 50.2 Å². The van der Waals surface area contributed by atoms with Crippen LogP contribution in [0.2, 0.25) is 0 Å². The van der Waals surface area contributed by atoms with E-state index >= 15 is 0 Å². The number of carboxylic acids is 1. The SMILES string of the molecule is CC=C(C)C(=O)O[C@@H]1[C@H](OC(=O)c2ccco2)C(C)(C)CC2C3=CC[C@@H]4[C@@]5(C)CC[C@H](O[C@@H]6O[C@H](C(=O)O)[C@@H](O)[C@H](O[C@@H]7OC[C@@H](O)[C@H](O)[C@H]7O)[C@H]6O[C@@H]6O[C@H](CO)[C@H](O)[C@H](O)[C@H]6O)C(C)(C)[C@@H]5CC[C@@]4(C)[C@]3(C)C[C@@H](O)[C@]21CO[C@@H]1O[C@@H](C)[C@H](O)[C@@H](O)[C@H]1O. The summed E-state index contributed by atoms with van der Waals surface area (Å²) in [5, 5.41) is 144. The second kappa shape index (κ2) is 25.5. The molecule has 5 aliphatic carbocycles. The van der Waals surface area contributed by atoms with E-state index in [4.69, 9.17) is 51.8 Å². The number of furan rings is 1. The highest BCUT2D eigenvalue weighted by atomic mass is 16.8. The average Bonchev–Trinajstić information content (AvgIpc) is 0.675. The number of carbonyl (C=O) groups is 3. The maximum absolute atomic E-state index is 14.3. The number of allylic oxidation sites excluding steroid dienone is 3. The minimum atomic E-state index is -2.14. The molecule has 0 radical (unpaired) electrons. The van der Waals surface area contributed by atoms with Gasteiger partial charge in [-0.05, 0) is 117 Å². The van der Waals surface area contributed by atoms with E-state index in [2.05, 4.69) is 26.8 Å². The summed E-state index contributed by atoms with van der Waals surface area (Å²) in [6, 6.07) is 2.97. The van der Waals surface area contributed by atoms with E-state index in [-0.39, 0.29) is 36.0 Å². The summed E-state index contributed by atoms with van der Waals surface area (Å²) in [7, 11) is 0. The lowest BCUT2D eigenvalue weighted by atomic mass is 9.33. The van der Waals surface area contributed by atoms with E-state index in [1.807, 2.05) is 27.7 Å². The van der Waals surface area contributed by atoms with E-state index in [1.165, 1.54) is 25.3 Å². The van der Waals surface area contributed by atoms with Gasteiger partial charge >= 0.3 is 17.9 Å². The van der Waals surface area contributed by atoms with Gasteiger partial charge in [0.1, 0.15) is 85.5 Å². The molecule has 9 aliphatic rings. The summed E-state index contributed by atoms with van der Waals surface area (Å²) >= 11 is 0. The largest absolute Gasteiger partial charge is 0.479 e. The molecule has 1 aromatic rings. The standard InChI is InChI=1S/C63H94O27/c1-11-26(2)52(78)90-50-49(89-53(79)31-13-12-20-80-31)58(4,5)21-29-28-14-15-34-60(8)18-17-36(59(6,7)33(60)16-19-61(34,9)62(28,10)22-35(66)63(29,50)25-82-55-43(73)40(70)37(67)27(3)83-55)85-57-48(88-56-44(74)41(71)39(69)32(23-64)84-56)46(45(75)47(87-57)51(76)77)86-54-42(72)38(68)30(65)24-81-54/h11-14,20,27,29-30,32-50,54-57,64-75H,15-19,21-25H2,1-10H3,(H,76,77)/t27-,29?,30+,32+,33-,34+,35+,36-,37-,38-,39-,40+,41-,42+,43+,44+,45-,46-,47-,48+,49-,50+,54-,55+,56-,57+,60-,61+,62+,63-/m0/s1. The number of carboxylic acid groups (broad SMARTS) is 1. The molecule has 10 rings (SSSR count). The van der Waals surface area contributed by atoms with Crippen molar-refractivity contribution in [3.63, 3.8) is 0 Å². The quantitative estimate of drug-likeness (QED) is 0.0479. The number of esters is 2. The maximum atomic E-state index is 14.3. The number of fused-ring (bicyclic) bond motifs is 7. The summed E-state index contributed by atoms with van der Waals surface area (Å²) < 4.78 is 67.6. The van der Waals surface area contributed by atoms with Crippen LogP contribution in [-0.2, 0) is 57.0 Å². The molecule has 1 aromatic heterocycles. The summed E-state index contributed by atoms with van der Waals surface area (Å²) in [5.74, 6) is -4.24. The Labute approximate surface area is 521 Å². The van der Waals surface area contributed by atoms with Crippen molar-refractivity contribution in [3.05, 3.63) is 47.5 Å². The Morgan fingerprint density at radius 3 is 2.02 bits per heavy atom. The predicted molar refractivity (Wildman–Crippen MR) is 305 cm³/mol. The van der Waals surface area contributed by atoms with Gasteiger partial charge in [0.05, 0.1) is 49.8 Å². The summed E-state index contributed by atoms with van der Waals surface area (Å²) in [5.41, 5.74) is -4.06. The van der Waals surface area contributed by atoms with Crippen LogP contribution in [0.25, 0.3) is 0 Å². The molecule has 1 unspecified atom stereocenters. The molecular formula is C63H94O27. The monoisotopic (exact) mass is 1280 g/mol. The first-order chi connectivity index (χ1) is 42.1. The van der Waals surface area contributed by atoms with E-state index < -0.39 is 217 Å². The smallest absolute Gasteiger partial charge is 0.374 e. The lowest BCUT2D eigenvalue weighted by Crippen LogP contribution is -2.73. The van der Waals surface area contributed by atoms with Crippen molar-refractivity contribution in [3.8, 4) is 0 Å². The zero-order valence-corrected chi connectivity index (χ0v) is 52.5. The van der Waals surface area contributed by atoms with Crippen LogP contribution in [0, 0.1) is 50.2 Å². The highest BCUT2D eigenvalue weighted by Crippen LogP contribution is 2.76. The Bertz CT molecular complexity index is 2790. The molecule has 0 amide bonds. The molecule has 5 heterocycles. The number of aliphatic hydroxyl groups is 12. The summed E-state index contributed by atoms with van der Waals surface area (Å²) in [4.78, 5) is 41.4. The van der Waals surface area contributed by atoms with Gasteiger partial charge in [-0.25, -0.2) is 14.4 Å². The van der Waals surface area contributed by atoms with E-state index in [0.717, 1.165) is 5.57 Å². The zero-order valence-electron chi connectivity index (χ0n) is 52.5. The van der Waals surface area contributed by atoms with Crippen LogP contribution in [0.3, 0.4) is 0 Å². The molecule has 27 heteroatoms. The molecule has 30 atom stereocenters. The highest BCUT2D eigenvalue weighted by Gasteiger charge is 2.74. The van der Waals surface area contributed by atoms with Crippen LogP contribution in [0.4, 0.5) is 0 Å². The van der Waals surface area contributed by atoms with Gasteiger partial charge in [-0.1, -0.05) is 66.2 Å². The number of ether oxygens (including phenoxy) is 10. The Morgan fingerprint density at radius 2 is 1.37 bits per heavy atom. The average molecular weight is 1280 g/mol. The molecule has 0 spiro atoms. The van der Waals surface area contributed by atoms with Crippen LogP contribution in [0.5, 0.6) is 0 Å². The number of carbonyl (C=O) groups excluding carboxylic acids is 2. The molecule has 4 saturated carbocycles. The number of hydrogen-bond acceptors (Lipinski definition) is 26. The normalized spacial score (nSPS) is 49.2. The topological polar surface area (TPSA) is 420 Å². The first-order valence-electron chi connectivity index (χ1n) is 31.4. The minimum absolute atomic E-state index is 0.0771. The van der Waals surface area contributed by atoms with Crippen molar-refractivity contribution in [1.82, 2.24) is 0 Å². The Kier molecular flexibility index (Phi) is 19.6. The fraction of sp³-hybridized carbons (Fsp3) is 0.825. The lowest BCUT2D eigenvalue weighted by molar-refractivity contribution is -0.392. The van der Waals surface area contributed by atoms with Crippen LogP contribution in [0.15, 0.2) is 46.1 Å². The van der Waals surface area contributed by atoms with Gasteiger partial charge in [-0.15, -0.1) is 0 Å². The maximum Gasteiger partial charge on any atom is 0.374 e. The van der Waals surface area contributed by atoms with E-state index in [9.17, 15) is 80.8 Å². The van der Waals surface area contributed by atoms with Crippen molar-refractivity contribution < 1.29 is 133 Å². The molecular weight excluding hydrogens is 1190 g/mol. The van der Waals surface area contributed by atoms with E-state index in [1.54, 1.807) is 19.9 Å². The third-order valence-corrected chi connectivity index (χ3v) is 23.2. The molecule has 0 aromatic carbocycles. The molecule has 8 fully saturated rings. The second-order valence-electron chi connectivity index (χ2n) is 28.9. The lowest BCUT2D eigenvalue weighted by Gasteiger charge is -2.72. The Balaban J connectivity index is 0.998. The van der Waals surface area contributed by atoms with Crippen LogP contribution < -0.4 is 0 Å². The predicted octanol–water partition coefficient (Wildman–Crippen LogP) is 0.0843. The molecule has 4 saturated heterocycles. The molecule has 508 valence electrons. The van der Waals surface area contributed by atoms with Gasteiger partial charge in [0, 0.05) is 11.0 Å². The van der Waals surface area contributed by atoms with Crippen molar-refractivity contribution in [1.29, 1.82) is 0 Å². The Hall–Kier alpha value is -3.63. The number of hydrogen-bond donors (Lipinski definition) is 13. The molecule has 27 nitrogen and oxygen atoms in total. The van der Waals surface area contributed by atoms with Crippen molar-refractivity contribution in [2.45, 2.75) is 255 Å². The molecule has 13 N–H and O–H groups in total. The molecule has 4 aliphatic heterocycles. The van der Waals surface area contributed by atoms with Gasteiger partial charge in [0.2, 0.25) is 5.76 Å². The Morgan fingerprint density at radius 1 is 0.700 bits per heavy atom. The number of rotatable bonds is 15. The van der Waals surface area contributed by atoms with Crippen LogP contribution >= 0.6 is 0 Å². The van der Waals surface area contributed by atoms with Gasteiger partial charge in [-0.3, -0.25) is 0 Å². The number of aliphatic hydroxyl groups excluding tert-OH is 12. The molecule has 90 heavy (non-hydrogen) atoms. The minimum Gasteiger partial charge on any atom is -0.479 e. The summed E-state index contributed by atoms with van der Waals surface area (Å²) in [6.45, 7) is 17.5. The van der Waals surface area contributed by atoms with Gasteiger partial charge in [-0.2, -0.15) is 0 Å². The van der Waals surface area contributed by atoms with Gasteiger partial charge < -0.3 is 118 Å². The first-order valence-corrected chi connectivity index (χ1v) is 31.4. The van der Waals surface area contributed by atoms with Crippen LogP contribution in [-0.4, -0.2) is 245 Å². The van der Waals surface area contributed by atoms with Crippen LogP contribution in [0.1, 0.15) is 125 Å². The van der Waals surface area contributed by atoms with Gasteiger partial charge in [0.15, 0.2) is 37.4 Å². The van der Waals surface area contributed by atoms with Crippen molar-refractivity contribution >= 4 is 17.9 Å². The second-order valence-corrected chi connectivity index (χ2v) is 28.9. The third kappa shape index (κ3) is 11.4. The van der Waals surface area contributed by atoms with Gasteiger partial charge in [0.25, 0.3) is 0 Å². The van der Waals surface area contributed by atoms with E-state index in [0.29, 0.717) is 32.1 Å². The first kappa shape index (κ1) is 69.2. The number of aliphatic carboxylic acids is 1. The zero-order chi connectivity index (χ0) is 65.9. The summed E-state index contributed by atoms with van der Waals surface area (Å²) in [6.07, 6.45) is -30.1. The highest BCUT2D eigenvalue weighted by molar-refractivity contribution is 5.88.